The molecule has 1 atom stereocenters. The Morgan fingerprint density at radius 3 is 0.758 bits per heavy atom. The first-order chi connectivity index (χ1) is 32.5. The van der Waals surface area contributed by atoms with E-state index in [1.165, 1.54) is 231 Å². The lowest BCUT2D eigenvalue weighted by atomic mass is 10.0. The monoisotopic (exact) mass is 931 g/mol. The fourth-order valence-corrected chi connectivity index (χ4v) is 9.03. The van der Waals surface area contributed by atoms with Crippen LogP contribution in [0, 0.1) is 0 Å². The van der Waals surface area contributed by atoms with E-state index >= 15 is 0 Å². The molecule has 390 valence electrons. The molecule has 0 heterocycles. The zero-order valence-electron chi connectivity index (χ0n) is 44.7. The van der Waals surface area contributed by atoms with Crippen molar-refractivity contribution >= 4 is 17.9 Å². The van der Waals surface area contributed by atoms with Gasteiger partial charge in [-0.05, 0) is 44.9 Å². The summed E-state index contributed by atoms with van der Waals surface area (Å²) < 4.78 is 16.8. The number of hydrogen-bond acceptors (Lipinski definition) is 6. The molecule has 6 nitrogen and oxygen atoms in total. The van der Waals surface area contributed by atoms with Crippen LogP contribution in [0.1, 0.15) is 335 Å². The van der Waals surface area contributed by atoms with E-state index in [-0.39, 0.29) is 31.1 Å². The SMILES string of the molecule is CCCCCCCCC/C=C\CCCCCCCC(=O)OC(COC(=O)CCCCCCCCC)COC(=O)CCCCCCCCCCCCCCCCCCCCCCCCCCC. The number of ether oxygens (including phenoxy) is 3. The number of unbranched alkanes of at least 4 members (excludes halogenated alkanes) is 42. The Bertz CT molecular complexity index is 1020. The second kappa shape index (κ2) is 55.7. The lowest BCUT2D eigenvalue weighted by Crippen LogP contribution is -2.30. The van der Waals surface area contributed by atoms with Crippen LogP contribution in [0.2, 0.25) is 0 Å². The van der Waals surface area contributed by atoms with Crippen molar-refractivity contribution in [2.75, 3.05) is 13.2 Å². The molecule has 0 aromatic heterocycles. The van der Waals surface area contributed by atoms with Gasteiger partial charge in [-0.15, -0.1) is 0 Å². The smallest absolute Gasteiger partial charge is 0.306 e. The molecule has 0 saturated heterocycles. The summed E-state index contributed by atoms with van der Waals surface area (Å²) in [5.74, 6) is -0.862. The Morgan fingerprint density at radius 1 is 0.288 bits per heavy atom. The van der Waals surface area contributed by atoms with Crippen LogP contribution < -0.4 is 0 Å². The average Bonchev–Trinajstić information content (AvgIpc) is 3.31. The average molecular weight is 932 g/mol. The topological polar surface area (TPSA) is 78.9 Å². The van der Waals surface area contributed by atoms with E-state index in [4.69, 9.17) is 14.2 Å². The first kappa shape index (κ1) is 64.2. The molecule has 66 heavy (non-hydrogen) atoms. The van der Waals surface area contributed by atoms with Crippen LogP contribution in [0.25, 0.3) is 0 Å². The highest BCUT2D eigenvalue weighted by molar-refractivity contribution is 5.71. The highest BCUT2D eigenvalue weighted by Gasteiger charge is 2.19. The molecule has 0 aliphatic rings. The molecule has 0 rings (SSSR count). The van der Waals surface area contributed by atoms with Gasteiger partial charge in [0.25, 0.3) is 0 Å². The molecular formula is C60H114O6. The summed E-state index contributed by atoms with van der Waals surface area (Å²) in [6.07, 6.45) is 63.8. The first-order valence-electron chi connectivity index (χ1n) is 29.7. The zero-order valence-corrected chi connectivity index (χ0v) is 44.7. The Kier molecular flexibility index (Phi) is 54.2. The van der Waals surface area contributed by atoms with Crippen LogP contribution in [0.4, 0.5) is 0 Å². The number of hydrogen-bond donors (Lipinski definition) is 0. The standard InChI is InChI=1S/C60H114O6/c1-4-7-10-13-16-18-20-22-24-26-27-28-29-30-31-32-33-34-36-37-39-41-44-47-50-53-59(62)65-56-57(55-64-58(61)52-49-46-43-15-12-9-6-3)66-60(63)54-51-48-45-42-40-38-35-25-23-21-19-17-14-11-8-5-2/h25,35,57H,4-24,26-34,36-56H2,1-3H3/b35-25-. The van der Waals surface area contributed by atoms with Crippen molar-refractivity contribution in [3.8, 4) is 0 Å². The second-order valence-corrected chi connectivity index (χ2v) is 20.3. The van der Waals surface area contributed by atoms with Crippen LogP contribution in [0.3, 0.4) is 0 Å². The molecule has 0 aromatic rings. The van der Waals surface area contributed by atoms with Crippen LogP contribution >= 0.6 is 0 Å². The number of allylic oxidation sites excluding steroid dienone is 2. The molecule has 0 bridgehead atoms. The van der Waals surface area contributed by atoms with Gasteiger partial charge in [-0.2, -0.15) is 0 Å². The molecule has 0 saturated carbocycles. The Morgan fingerprint density at radius 2 is 0.500 bits per heavy atom. The van der Waals surface area contributed by atoms with Crippen LogP contribution in [-0.4, -0.2) is 37.2 Å². The predicted molar refractivity (Wildman–Crippen MR) is 284 cm³/mol. The zero-order chi connectivity index (χ0) is 47.9. The summed E-state index contributed by atoms with van der Waals surface area (Å²) >= 11 is 0. The van der Waals surface area contributed by atoms with Gasteiger partial charge >= 0.3 is 17.9 Å². The minimum Gasteiger partial charge on any atom is -0.462 e. The number of carbonyl (C=O) groups is 3. The van der Waals surface area contributed by atoms with Gasteiger partial charge in [-0.1, -0.05) is 283 Å². The summed E-state index contributed by atoms with van der Waals surface area (Å²) in [5.41, 5.74) is 0. The second-order valence-electron chi connectivity index (χ2n) is 20.3. The van der Waals surface area contributed by atoms with Crippen molar-refractivity contribution in [1.82, 2.24) is 0 Å². The maximum absolute atomic E-state index is 12.8. The fourth-order valence-electron chi connectivity index (χ4n) is 9.03. The third-order valence-electron chi connectivity index (χ3n) is 13.5. The van der Waals surface area contributed by atoms with Gasteiger partial charge in [0.1, 0.15) is 13.2 Å². The molecule has 1 unspecified atom stereocenters. The summed E-state index contributed by atoms with van der Waals surface area (Å²) in [6, 6.07) is 0. The molecule has 0 spiro atoms. The van der Waals surface area contributed by atoms with Crippen LogP contribution in [0.15, 0.2) is 12.2 Å². The number of esters is 3. The molecule has 0 fully saturated rings. The minimum absolute atomic E-state index is 0.0683. The maximum atomic E-state index is 12.8. The first-order valence-corrected chi connectivity index (χ1v) is 29.7. The van der Waals surface area contributed by atoms with E-state index in [1.54, 1.807) is 0 Å². The molecule has 6 heteroatoms. The van der Waals surface area contributed by atoms with Crippen molar-refractivity contribution in [3.05, 3.63) is 12.2 Å². The van der Waals surface area contributed by atoms with Gasteiger partial charge in [0.15, 0.2) is 6.10 Å². The van der Waals surface area contributed by atoms with E-state index in [0.717, 1.165) is 64.2 Å². The van der Waals surface area contributed by atoms with E-state index in [0.29, 0.717) is 19.3 Å². The minimum atomic E-state index is -0.767. The van der Waals surface area contributed by atoms with Crippen molar-refractivity contribution in [2.45, 2.75) is 341 Å². The van der Waals surface area contributed by atoms with Crippen LogP contribution in [0.5, 0.6) is 0 Å². The third kappa shape index (κ3) is 53.1. The van der Waals surface area contributed by atoms with Crippen molar-refractivity contribution in [3.63, 3.8) is 0 Å². The lowest BCUT2D eigenvalue weighted by Gasteiger charge is -2.18. The molecule has 0 amide bonds. The van der Waals surface area contributed by atoms with Crippen molar-refractivity contribution in [1.29, 1.82) is 0 Å². The quantitative estimate of drug-likeness (QED) is 0.0262. The molecule has 0 aliphatic heterocycles. The molecular weight excluding hydrogens is 817 g/mol. The Hall–Kier alpha value is -1.85. The Balaban J connectivity index is 4.07. The summed E-state index contributed by atoms with van der Waals surface area (Å²) in [5, 5.41) is 0. The molecule has 0 aromatic carbocycles. The van der Waals surface area contributed by atoms with Gasteiger partial charge in [0.05, 0.1) is 0 Å². The summed E-state index contributed by atoms with van der Waals surface area (Å²) in [4.78, 5) is 37.9. The normalized spacial score (nSPS) is 12.0. The summed E-state index contributed by atoms with van der Waals surface area (Å²) in [7, 11) is 0. The number of carbonyl (C=O) groups excluding carboxylic acids is 3. The van der Waals surface area contributed by atoms with E-state index in [2.05, 4.69) is 32.9 Å². The van der Waals surface area contributed by atoms with Crippen LogP contribution in [-0.2, 0) is 28.6 Å². The van der Waals surface area contributed by atoms with E-state index < -0.39 is 6.10 Å². The van der Waals surface area contributed by atoms with E-state index in [1.807, 2.05) is 0 Å². The van der Waals surface area contributed by atoms with Gasteiger partial charge in [-0.25, -0.2) is 0 Å². The summed E-state index contributed by atoms with van der Waals surface area (Å²) in [6.45, 7) is 6.64. The molecule has 0 aliphatic carbocycles. The third-order valence-corrected chi connectivity index (χ3v) is 13.5. The van der Waals surface area contributed by atoms with Crippen molar-refractivity contribution < 1.29 is 28.6 Å². The predicted octanol–water partition coefficient (Wildman–Crippen LogP) is 19.7. The van der Waals surface area contributed by atoms with Gasteiger partial charge in [0, 0.05) is 19.3 Å². The highest BCUT2D eigenvalue weighted by Crippen LogP contribution is 2.17. The molecule has 0 N–H and O–H groups in total. The highest BCUT2D eigenvalue weighted by atomic mass is 16.6. The fraction of sp³-hybridized carbons (Fsp3) is 0.917. The van der Waals surface area contributed by atoms with Gasteiger partial charge < -0.3 is 14.2 Å². The molecule has 0 radical (unpaired) electrons. The van der Waals surface area contributed by atoms with Gasteiger partial charge in [0.2, 0.25) is 0 Å². The van der Waals surface area contributed by atoms with Gasteiger partial charge in [-0.3, -0.25) is 14.4 Å². The van der Waals surface area contributed by atoms with E-state index in [9.17, 15) is 14.4 Å². The Labute approximate surface area is 411 Å². The van der Waals surface area contributed by atoms with Crippen molar-refractivity contribution in [2.24, 2.45) is 0 Å². The lowest BCUT2D eigenvalue weighted by molar-refractivity contribution is -0.167. The number of rotatable bonds is 55. The maximum Gasteiger partial charge on any atom is 0.306 e. The largest absolute Gasteiger partial charge is 0.462 e.